The van der Waals surface area contributed by atoms with Gasteiger partial charge in [-0.2, -0.15) is 0 Å². The lowest BCUT2D eigenvalue weighted by molar-refractivity contribution is -0.139. The van der Waals surface area contributed by atoms with E-state index in [0.717, 1.165) is 10.5 Å². The van der Waals surface area contributed by atoms with E-state index in [1.165, 1.54) is 0 Å². The van der Waals surface area contributed by atoms with Crippen molar-refractivity contribution in [3.8, 4) is 0 Å². The van der Waals surface area contributed by atoms with E-state index in [1.54, 1.807) is 36.3 Å². The van der Waals surface area contributed by atoms with Crippen LogP contribution in [-0.2, 0) is 20.7 Å². The molecule has 0 saturated carbocycles. The molecule has 4 amide bonds. The second kappa shape index (κ2) is 10.6. The summed E-state index contributed by atoms with van der Waals surface area (Å²) >= 11 is 0. The van der Waals surface area contributed by atoms with Crippen LogP contribution in [0.2, 0.25) is 0 Å². The molecule has 1 fully saturated rings. The molecule has 1 atom stereocenters. The zero-order valence-electron chi connectivity index (χ0n) is 19.2. The topological polar surface area (TPSA) is 96.0 Å². The van der Waals surface area contributed by atoms with Crippen LogP contribution in [0.5, 0.6) is 0 Å². The van der Waals surface area contributed by atoms with Crippen LogP contribution in [0.15, 0.2) is 54.6 Å². The Balaban J connectivity index is 1.50. The first-order chi connectivity index (χ1) is 16.5. The molecule has 2 aliphatic rings. The van der Waals surface area contributed by atoms with E-state index < -0.39 is 17.9 Å². The van der Waals surface area contributed by atoms with Crippen molar-refractivity contribution in [2.24, 2.45) is 5.92 Å². The van der Waals surface area contributed by atoms with Crippen LogP contribution < -0.4 is 5.32 Å². The van der Waals surface area contributed by atoms with Gasteiger partial charge < -0.3 is 15.0 Å². The highest BCUT2D eigenvalue weighted by atomic mass is 16.5. The molecule has 1 N–H and O–H groups in total. The van der Waals surface area contributed by atoms with Gasteiger partial charge >= 0.3 is 0 Å². The molecule has 2 aromatic carbocycles. The number of amides is 4. The first-order valence-corrected chi connectivity index (χ1v) is 11.6. The van der Waals surface area contributed by atoms with Gasteiger partial charge in [-0.3, -0.25) is 24.1 Å². The third kappa shape index (κ3) is 4.87. The van der Waals surface area contributed by atoms with Crippen LogP contribution in [0.4, 0.5) is 0 Å². The number of carbonyl (C=O) groups is 4. The van der Waals surface area contributed by atoms with E-state index in [0.29, 0.717) is 50.2 Å². The molecule has 0 spiro atoms. The zero-order chi connectivity index (χ0) is 24.1. The van der Waals surface area contributed by atoms with E-state index >= 15 is 0 Å². The Morgan fingerprint density at radius 3 is 2.15 bits per heavy atom. The third-order valence-corrected chi connectivity index (χ3v) is 6.48. The van der Waals surface area contributed by atoms with Crippen LogP contribution >= 0.6 is 0 Å². The smallest absolute Gasteiger partial charge is 0.262 e. The molecule has 0 aromatic heterocycles. The second-order valence-corrected chi connectivity index (χ2v) is 8.61. The predicted molar refractivity (Wildman–Crippen MR) is 125 cm³/mol. The fourth-order valence-corrected chi connectivity index (χ4v) is 4.61. The Hall–Kier alpha value is -3.52. The number of methoxy groups -OCH3 is 1. The van der Waals surface area contributed by atoms with E-state index in [-0.39, 0.29) is 24.2 Å². The number of hydrogen-bond acceptors (Lipinski definition) is 5. The number of imide groups is 1. The maximum absolute atomic E-state index is 13.7. The van der Waals surface area contributed by atoms with E-state index in [1.807, 2.05) is 30.3 Å². The van der Waals surface area contributed by atoms with Gasteiger partial charge in [-0.1, -0.05) is 42.5 Å². The number of fused-ring (bicyclic) bond motifs is 1. The molecular formula is C26H29N3O5. The van der Waals surface area contributed by atoms with Crippen molar-refractivity contribution >= 4 is 23.6 Å². The molecule has 1 saturated heterocycles. The summed E-state index contributed by atoms with van der Waals surface area (Å²) in [5, 5.41) is 2.85. The predicted octanol–water partition coefficient (Wildman–Crippen LogP) is 1.90. The number of hydrogen-bond donors (Lipinski definition) is 1. The Morgan fingerprint density at radius 2 is 1.56 bits per heavy atom. The van der Waals surface area contributed by atoms with E-state index in [9.17, 15) is 19.2 Å². The average molecular weight is 464 g/mol. The molecule has 8 heteroatoms. The fourth-order valence-electron chi connectivity index (χ4n) is 4.61. The molecule has 2 aromatic rings. The Bertz CT molecular complexity index is 1030. The summed E-state index contributed by atoms with van der Waals surface area (Å²) in [5.41, 5.74) is 1.51. The molecule has 34 heavy (non-hydrogen) atoms. The minimum absolute atomic E-state index is 0.0367. The quantitative estimate of drug-likeness (QED) is 0.477. The van der Waals surface area contributed by atoms with Crippen molar-refractivity contribution in [2.45, 2.75) is 25.3 Å². The number of carbonyl (C=O) groups excluding carboxylic acids is 4. The van der Waals surface area contributed by atoms with Crippen molar-refractivity contribution in [3.63, 3.8) is 0 Å². The van der Waals surface area contributed by atoms with Crippen molar-refractivity contribution in [1.29, 1.82) is 0 Å². The highest BCUT2D eigenvalue weighted by molar-refractivity contribution is 6.22. The number of likely N-dealkylation sites (tertiary alicyclic amines) is 1. The lowest BCUT2D eigenvalue weighted by Gasteiger charge is -2.36. The summed E-state index contributed by atoms with van der Waals surface area (Å²) < 4.78 is 4.97. The van der Waals surface area contributed by atoms with Gasteiger partial charge in [-0.25, -0.2) is 0 Å². The molecule has 2 heterocycles. The Labute approximate surface area is 198 Å². The lowest BCUT2D eigenvalue weighted by atomic mass is 9.94. The number of benzene rings is 2. The average Bonchev–Trinajstić information content (AvgIpc) is 3.13. The van der Waals surface area contributed by atoms with E-state index in [4.69, 9.17) is 4.74 Å². The lowest BCUT2D eigenvalue weighted by Crippen LogP contribution is -2.54. The van der Waals surface area contributed by atoms with E-state index in [2.05, 4.69) is 5.32 Å². The molecule has 8 nitrogen and oxygen atoms in total. The molecule has 0 aliphatic carbocycles. The molecule has 0 bridgehead atoms. The molecule has 0 radical (unpaired) electrons. The monoisotopic (exact) mass is 463 g/mol. The first kappa shape index (κ1) is 23.6. The third-order valence-electron chi connectivity index (χ3n) is 6.48. The highest BCUT2D eigenvalue weighted by Crippen LogP contribution is 2.28. The van der Waals surface area contributed by atoms with Crippen LogP contribution in [0.25, 0.3) is 0 Å². The molecule has 0 unspecified atom stereocenters. The standard InChI is InChI=1S/C26H29N3O5/c1-34-16-13-27-23(30)19-11-14-28(15-12-19)26(33)22(17-18-7-3-2-4-8-18)29-24(31)20-9-5-6-10-21(20)25(29)32/h2-10,19,22H,11-17H2,1H3,(H,27,30)/t22-/m0/s1. The highest BCUT2D eigenvalue weighted by Gasteiger charge is 2.44. The maximum atomic E-state index is 13.7. The van der Waals surface area contributed by atoms with Gasteiger partial charge in [0.1, 0.15) is 6.04 Å². The van der Waals surface area contributed by atoms with Crippen LogP contribution in [0.1, 0.15) is 39.1 Å². The van der Waals surface area contributed by atoms with Gasteiger partial charge in [-0.05, 0) is 30.5 Å². The Kier molecular flexibility index (Phi) is 7.37. The summed E-state index contributed by atoms with van der Waals surface area (Å²) in [5.74, 6) is -1.36. The summed E-state index contributed by atoms with van der Waals surface area (Å²) in [6.45, 7) is 1.70. The number of nitrogens with zero attached hydrogens (tertiary/aromatic N) is 2. The number of nitrogens with one attached hydrogen (secondary N) is 1. The normalized spacial score (nSPS) is 17.0. The summed E-state index contributed by atoms with van der Waals surface area (Å²) in [6, 6.07) is 15.1. The van der Waals surface area contributed by atoms with Gasteiger partial charge in [-0.15, -0.1) is 0 Å². The number of piperidine rings is 1. The molecule has 4 rings (SSSR count). The van der Waals surface area contributed by atoms with Crippen molar-refractivity contribution in [3.05, 3.63) is 71.3 Å². The molecular weight excluding hydrogens is 434 g/mol. The second-order valence-electron chi connectivity index (χ2n) is 8.61. The number of rotatable bonds is 8. The van der Waals surface area contributed by atoms with Crippen molar-refractivity contribution in [2.75, 3.05) is 33.4 Å². The van der Waals surface area contributed by atoms with Crippen LogP contribution in [0, 0.1) is 5.92 Å². The van der Waals surface area contributed by atoms with Crippen LogP contribution in [0.3, 0.4) is 0 Å². The largest absolute Gasteiger partial charge is 0.383 e. The van der Waals surface area contributed by atoms with Gasteiger partial charge in [0.05, 0.1) is 17.7 Å². The molecule has 2 aliphatic heterocycles. The maximum Gasteiger partial charge on any atom is 0.262 e. The Morgan fingerprint density at radius 1 is 0.971 bits per heavy atom. The zero-order valence-corrected chi connectivity index (χ0v) is 19.2. The van der Waals surface area contributed by atoms with Gasteiger partial charge in [0.2, 0.25) is 11.8 Å². The van der Waals surface area contributed by atoms with Crippen LogP contribution in [-0.4, -0.2) is 72.8 Å². The van der Waals surface area contributed by atoms with Crippen molar-refractivity contribution in [1.82, 2.24) is 15.1 Å². The molecule has 178 valence electrons. The number of ether oxygens (including phenoxy) is 1. The minimum atomic E-state index is -0.943. The fraction of sp³-hybridized carbons (Fsp3) is 0.385. The van der Waals surface area contributed by atoms with Gasteiger partial charge in [0, 0.05) is 39.1 Å². The summed E-state index contributed by atoms with van der Waals surface area (Å²) in [6.07, 6.45) is 1.30. The van der Waals surface area contributed by atoms with Gasteiger partial charge in [0.15, 0.2) is 0 Å². The summed E-state index contributed by atoms with van der Waals surface area (Å²) in [7, 11) is 1.58. The summed E-state index contributed by atoms with van der Waals surface area (Å²) in [4.78, 5) is 55.2. The van der Waals surface area contributed by atoms with Crippen molar-refractivity contribution < 1.29 is 23.9 Å². The van der Waals surface area contributed by atoms with Gasteiger partial charge in [0.25, 0.3) is 11.8 Å². The first-order valence-electron chi connectivity index (χ1n) is 11.6. The minimum Gasteiger partial charge on any atom is -0.383 e. The SMILES string of the molecule is COCCNC(=O)C1CCN(C(=O)[C@H](Cc2ccccc2)N2C(=O)c3ccccc3C2=O)CC1.